The van der Waals surface area contributed by atoms with Gasteiger partial charge in [-0.2, -0.15) is 0 Å². The molecule has 1 saturated carbocycles. The Morgan fingerprint density at radius 3 is 2.88 bits per heavy atom. The second kappa shape index (κ2) is 5.33. The van der Waals surface area contributed by atoms with Crippen LogP contribution in [0.2, 0.25) is 0 Å². The first-order valence-corrected chi connectivity index (χ1v) is 7.02. The van der Waals surface area contributed by atoms with Gasteiger partial charge < -0.3 is 5.32 Å². The molecule has 0 bridgehead atoms. The summed E-state index contributed by atoms with van der Waals surface area (Å²) in [6.07, 6.45) is 4.05. The number of hydrogen-bond acceptors (Lipinski definition) is 1. The molecule has 1 aliphatic rings. The van der Waals surface area contributed by atoms with Crippen LogP contribution in [-0.4, -0.2) is 6.04 Å². The molecule has 2 rings (SSSR count). The van der Waals surface area contributed by atoms with Gasteiger partial charge in [-0.1, -0.05) is 47.5 Å². The average molecular weight is 282 g/mol. The van der Waals surface area contributed by atoms with Crippen LogP contribution in [0.4, 0.5) is 0 Å². The van der Waals surface area contributed by atoms with Gasteiger partial charge in [0.2, 0.25) is 0 Å². The molecule has 0 aromatic heterocycles. The van der Waals surface area contributed by atoms with E-state index in [2.05, 4.69) is 59.4 Å². The summed E-state index contributed by atoms with van der Waals surface area (Å²) >= 11 is 3.61. The van der Waals surface area contributed by atoms with E-state index in [4.69, 9.17) is 0 Å². The van der Waals surface area contributed by atoms with Crippen LogP contribution in [-0.2, 0) is 0 Å². The largest absolute Gasteiger partial charge is 0.307 e. The third-order valence-electron chi connectivity index (χ3n) is 3.42. The standard InChI is InChI=1S/C14H20BrN/c1-3-6-11-9-14(11)16-10(2)12-7-4-5-8-13(12)15/h4-5,7-8,10-11,14,16H,3,6,9H2,1-2H3. The molecule has 88 valence electrons. The SMILES string of the molecule is CCCC1CC1NC(C)c1ccccc1Br. The van der Waals surface area contributed by atoms with Crippen molar-refractivity contribution in [3.63, 3.8) is 0 Å². The van der Waals surface area contributed by atoms with Crippen molar-refractivity contribution in [2.45, 2.75) is 45.2 Å². The van der Waals surface area contributed by atoms with Crippen LogP contribution in [0.25, 0.3) is 0 Å². The fourth-order valence-corrected chi connectivity index (χ4v) is 3.01. The van der Waals surface area contributed by atoms with Crippen molar-refractivity contribution < 1.29 is 0 Å². The summed E-state index contributed by atoms with van der Waals surface area (Å²) in [6.45, 7) is 4.52. The average Bonchev–Trinajstić information content (AvgIpc) is 2.97. The van der Waals surface area contributed by atoms with E-state index in [0.717, 1.165) is 12.0 Å². The summed E-state index contributed by atoms with van der Waals surface area (Å²) in [5.41, 5.74) is 1.37. The molecule has 0 spiro atoms. The molecule has 0 aliphatic heterocycles. The maximum atomic E-state index is 3.72. The molecule has 0 heterocycles. The van der Waals surface area contributed by atoms with Crippen LogP contribution < -0.4 is 5.32 Å². The van der Waals surface area contributed by atoms with Gasteiger partial charge in [0.1, 0.15) is 0 Å². The van der Waals surface area contributed by atoms with Crippen LogP contribution in [0.3, 0.4) is 0 Å². The predicted octanol–water partition coefficient (Wildman–Crippen LogP) is 4.29. The number of nitrogens with one attached hydrogen (secondary N) is 1. The lowest BCUT2D eigenvalue weighted by Crippen LogP contribution is -2.22. The summed E-state index contributed by atoms with van der Waals surface area (Å²) in [7, 11) is 0. The lowest BCUT2D eigenvalue weighted by molar-refractivity contribution is 0.529. The molecular formula is C14H20BrN. The topological polar surface area (TPSA) is 12.0 Å². The van der Waals surface area contributed by atoms with E-state index in [1.807, 2.05) is 0 Å². The molecule has 3 unspecified atom stereocenters. The summed E-state index contributed by atoms with van der Waals surface area (Å²) < 4.78 is 1.21. The van der Waals surface area contributed by atoms with E-state index >= 15 is 0 Å². The first-order chi connectivity index (χ1) is 7.72. The zero-order valence-electron chi connectivity index (χ0n) is 10.0. The Bertz CT molecular complexity index is 350. The van der Waals surface area contributed by atoms with Gasteiger partial charge >= 0.3 is 0 Å². The maximum absolute atomic E-state index is 3.72. The third-order valence-corrected chi connectivity index (χ3v) is 4.14. The molecule has 1 aliphatic carbocycles. The smallest absolute Gasteiger partial charge is 0.0305 e. The highest BCUT2D eigenvalue weighted by atomic mass is 79.9. The normalized spacial score (nSPS) is 25.4. The molecule has 1 nitrogen and oxygen atoms in total. The molecule has 0 radical (unpaired) electrons. The fraction of sp³-hybridized carbons (Fsp3) is 0.571. The Kier molecular flexibility index (Phi) is 4.04. The van der Waals surface area contributed by atoms with Gasteiger partial charge in [-0.3, -0.25) is 0 Å². The predicted molar refractivity (Wildman–Crippen MR) is 72.5 cm³/mol. The van der Waals surface area contributed by atoms with Crippen molar-refractivity contribution in [3.8, 4) is 0 Å². The van der Waals surface area contributed by atoms with E-state index in [9.17, 15) is 0 Å². The molecular weight excluding hydrogens is 262 g/mol. The van der Waals surface area contributed by atoms with Gasteiger partial charge in [-0.05, 0) is 37.3 Å². The van der Waals surface area contributed by atoms with E-state index in [0.29, 0.717) is 6.04 Å². The van der Waals surface area contributed by atoms with Crippen LogP contribution in [0, 0.1) is 5.92 Å². The van der Waals surface area contributed by atoms with Crippen LogP contribution in [0.5, 0.6) is 0 Å². The van der Waals surface area contributed by atoms with Crippen molar-refractivity contribution in [1.82, 2.24) is 5.32 Å². The van der Waals surface area contributed by atoms with Crippen LogP contribution in [0.1, 0.15) is 44.7 Å². The quantitative estimate of drug-likeness (QED) is 0.849. The van der Waals surface area contributed by atoms with Crippen molar-refractivity contribution in [1.29, 1.82) is 0 Å². The van der Waals surface area contributed by atoms with Crippen molar-refractivity contribution in [3.05, 3.63) is 34.3 Å². The van der Waals surface area contributed by atoms with Gasteiger partial charge in [0.15, 0.2) is 0 Å². The van der Waals surface area contributed by atoms with Gasteiger partial charge in [-0.15, -0.1) is 0 Å². The highest BCUT2D eigenvalue weighted by molar-refractivity contribution is 9.10. The molecule has 2 heteroatoms. The third kappa shape index (κ3) is 2.86. The van der Waals surface area contributed by atoms with Gasteiger partial charge in [0, 0.05) is 16.6 Å². The lowest BCUT2D eigenvalue weighted by atomic mass is 10.1. The molecule has 0 amide bonds. The first kappa shape index (κ1) is 12.1. The van der Waals surface area contributed by atoms with E-state index in [1.165, 1.54) is 29.3 Å². The summed E-state index contributed by atoms with van der Waals surface area (Å²) in [5, 5.41) is 3.72. The molecule has 0 saturated heterocycles. The Morgan fingerprint density at radius 2 is 2.19 bits per heavy atom. The van der Waals surface area contributed by atoms with Crippen LogP contribution in [0.15, 0.2) is 28.7 Å². The molecule has 3 atom stereocenters. The second-order valence-electron chi connectivity index (χ2n) is 4.80. The van der Waals surface area contributed by atoms with E-state index in [1.54, 1.807) is 0 Å². The van der Waals surface area contributed by atoms with Crippen LogP contribution >= 0.6 is 15.9 Å². The lowest BCUT2D eigenvalue weighted by Gasteiger charge is -2.15. The fourth-order valence-electron chi connectivity index (χ4n) is 2.38. The maximum Gasteiger partial charge on any atom is 0.0305 e. The Morgan fingerprint density at radius 1 is 1.44 bits per heavy atom. The van der Waals surface area contributed by atoms with E-state index < -0.39 is 0 Å². The zero-order valence-corrected chi connectivity index (χ0v) is 11.6. The Hall–Kier alpha value is -0.340. The summed E-state index contributed by atoms with van der Waals surface area (Å²) in [4.78, 5) is 0. The Balaban J connectivity index is 1.90. The first-order valence-electron chi connectivity index (χ1n) is 6.22. The number of rotatable bonds is 5. The molecule has 1 N–H and O–H groups in total. The van der Waals surface area contributed by atoms with Crippen molar-refractivity contribution >= 4 is 15.9 Å². The minimum Gasteiger partial charge on any atom is -0.307 e. The number of halogens is 1. The van der Waals surface area contributed by atoms with E-state index in [-0.39, 0.29) is 0 Å². The molecule has 1 fully saturated rings. The highest BCUT2D eigenvalue weighted by Gasteiger charge is 2.36. The minimum atomic E-state index is 0.447. The highest BCUT2D eigenvalue weighted by Crippen LogP contribution is 2.37. The Labute approximate surface area is 107 Å². The monoisotopic (exact) mass is 281 g/mol. The molecule has 1 aromatic rings. The minimum absolute atomic E-state index is 0.447. The van der Waals surface area contributed by atoms with Gasteiger partial charge in [0.05, 0.1) is 0 Å². The van der Waals surface area contributed by atoms with Crippen molar-refractivity contribution in [2.75, 3.05) is 0 Å². The summed E-state index contributed by atoms with van der Waals surface area (Å²) in [6, 6.07) is 9.68. The summed E-state index contributed by atoms with van der Waals surface area (Å²) in [5.74, 6) is 0.926. The zero-order chi connectivity index (χ0) is 11.5. The van der Waals surface area contributed by atoms with Crippen molar-refractivity contribution in [2.24, 2.45) is 5.92 Å². The molecule has 16 heavy (non-hydrogen) atoms. The number of hydrogen-bond donors (Lipinski definition) is 1. The number of benzene rings is 1. The van der Waals surface area contributed by atoms with Gasteiger partial charge in [0.25, 0.3) is 0 Å². The molecule has 1 aromatic carbocycles. The second-order valence-corrected chi connectivity index (χ2v) is 5.66. The van der Waals surface area contributed by atoms with Gasteiger partial charge in [-0.25, -0.2) is 0 Å².